The maximum atomic E-state index is 5.59. The fraction of sp³-hybridized carbons (Fsp3) is 1.00. The van der Waals surface area contributed by atoms with Crippen LogP contribution in [0.15, 0.2) is 0 Å². The molecule has 0 amide bonds. The van der Waals surface area contributed by atoms with Crippen LogP contribution in [0, 0.1) is 17.8 Å². The van der Waals surface area contributed by atoms with Crippen molar-refractivity contribution in [2.45, 2.75) is 38.5 Å². The molecule has 0 aliphatic heterocycles. The molecule has 64 valence electrons. The van der Waals surface area contributed by atoms with Crippen LogP contribution in [0.3, 0.4) is 0 Å². The lowest BCUT2D eigenvalue weighted by Gasteiger charge is -2.42. The van der Waals surface area contributed by atoms with Crippen molar-refractivity contribution in [2.24, 2.45) is 23.5 Å². The molecule has 0 radical (unpaired) electrons. The Labute approximate surface area is 69.4 Å². The van der Waals surface area contributed by atoms with Gasteiger partial charge in [0.2, 0.25) is 0 Å². The molecule has 11 heavy (non-hydrogen) atoms. The van der Waals surface area contributed by atoms with Crippen molar-refractivity contribution in [3.63, 3.8) is 0 Å². The summed E-state index contributed by atoms with van der Waals surface area (Å²) in [5.74, 6) is 3.15. The van der Waals surface area contributed by atoms with Gasteiger partial charge in [0.25, 0.3) is 0 Å². The molecular weight excluding hydrogens is 134 g/mol. The topological polar surface area (TPSA) is 26.0 Å². The zero-order valence-electron chi connectivity index (χ0n) is 7.26. The summed E-state index contributed by atoms with van der Waals surface area (Å²) in [7, 11) is 0. The Balaban J connectivity index is 1.92. The Hall–Kier alpha value is -0.0400. The van der Waals surface area contributed by atoms with Crippen molar-refractivity contribution in [1.29, 1.82) is 0 Å². The Bertz CT molecular complexity index is 125. The van der Waals surface area contributed by atoms with Crippen LogP contribution < -0.4 is 5.73 Å². The molecule has 0 aromatic rings. The van der Waals surface area contributed by atoms with Crippen LogP contribution in [-0.4, -0.2) is 6.54 Å². The second-order valence-electron chi connectivity index (χ2n) is 4.35. The van der Waals surface area contributed by atoms with Crippen molar-refractivity contribution in [1.82, 2.24) is 0 Å². The second-order valence-corrected chi connectivity index (χ2v) is 4.35. The summed E-state index contributed by atoms with van der Waals surface area (Å²) >= 11 is 0. The molecule has 1 heteroatoms. The molecule has 0 heterocycles. The van der Waals surface area contributed by atoms with Gasteiger partial charge >= 0.3 is 0 Å². The van der Waals surface area contributed by atoms with Gasteiger partial charge in [-0.25, -0.2) is 0 Å². The van der Waals surface area contributed by atoms with Crippen molar-refractivity contribution < 1.29 is 0 Å². The number of hydrogen-bond donors (Lipinski definition) is 1. The minimum atomic E-state index is 0.911. The normalized spacial score (nSPS) is 42.8. The molecule has 3 rings (SSSR count). The highest BCUT2D eigenvalue weighted by Crippen LogP contribution is 2.45. The summed E-state index contributed by atoms with van der Waals surface area (Å²) in [6.45, 7) is 0.911. The number of nitrogens with two attached hydrogens (primary N) is 1. The first-order chi connectivity index (χ1) is 5.40. The molecule has 1 nitrogen and oxygen atoms in total. The predicted molar refractivity (Wildman–Crippen MR) is 47.2 cm³/mol. The molecule has 3 saturated carbocycles. The minimum absolute atomic E-state index is 0.911. The smallest absolute Gasteiger partial charge is 0.00745 e. The Morgan fingerprint density at radius 2 is 1.82 bits per heavy atom. The summed E-state index contributed by atoms with van der Waals surface area (Å²) in [6, 6.07) is 0. The third-order valence-corrected chi connectivity index (χ3v) is 3.73. The number of rotatable bonds is 2. The van der Waals surface area contributed by atoms with E-state index in [9.17, 15) is 0 Å². The van der Waals surface area contributed by atoms with Gasteiger partial charge in [0, 0.05) is 0 Å². The summed E-state index contributed by atoms with van der Waals surface area (Å²) < 4.78 is 0. The van der Waals surface area contributed by atoms with Crippen LogP contribution in [0.2, 0.25) is 0 Å². The third kappa shape index (κ3) is 1.44. The average molecular weight is 153 g/mol. The largest absolute Gasteiger partial charge is 0.330 e. The lowest BCUT2D eigenvalue weighted by Crippen LogP contribution is -2.32. The van der Waals surface area contributed by atoms with Gasteiger partial charge in [-0.15, -0.1) is 0 Å². The highest BCUT2D eigenvalue weighted by atomic mass is 14.5. The first kappa shape index (κ1) is 7.60. The van der Waals surface area contributed by atoms with Crippen LogP contribution in [0.25, 0.3) is 0 Å². The number of hydrogen-bond acceptors (Lipinski definition) is 1. The van der Waals surface area contributed by atoms with E-state index in [0.29, 0.717) is 0 Å². The van der Waals surface area contributed by atoms with Crippen molar-refractivity contribution in [3.05, 3.63) is 0 Å². The van der Waals surface area contributed by atoms with Crippen molar-refractivity contribution in [3.8, 4) is 0 Å². The molecule has 0 spiro atoms. The summed E-state index contributed by atoms with van der Waals surface area (Å²) in [5, 5.41) is 0. The van der Waals surface area contributed by atoms with Crippen LogP contribution in [-0.2, 0) is 0 Å². The van der Waals surface area contributed by atoms with Crippen LogP contribution in [0.4, 0.5) is 0 Å². The van der Waals surface area contributed by atoms with E-state index in [1.54, 1.807) is 0 Å². The monoisotopic (exact) mass is 153 g/mol. The Morgan fingerprint density at radius 3 is 2.27 bits per heavy atom. The second kappa shape index (κ2) is 3.14. The Morgan fingerprint density at radius 1 is 1.09 bits per heavy atom. The molecule has 2 N–H and O–H groups in total. The fourth-order valence-corrected chi connectivity index (χ4v) is 3.08. The molecule has 0 saturated heterocycles. The predicted octanol–water partition coefficient (Wildman–Crippen LogP) is 2.16. The SMILES string of the molecule is NCCC1CC2CCC1CC2. The molecule has 3 aliphatic rings. The van der Waals surface area contributed by atoms with Gasteiger partial charge < -0.3 is 5.73 Å². The van der Waals surface area contributed by atoms with Gasteiger partial charge in [-0.1, -0.05) is 12.8 Å². The standard InChI is InChI=1S/C10H19N/c11-6-5-10-7-8-1-3-9(10)4-2-8/h8-10H,1-7,11H2. The first-order valence-corrected chi connectivity index (χ1v) is 5.10. The average Bonchev–Trinajstić information content (AvgIpc) is 2.07. The van der Waals surface area contributed by atoms with Gasteiger partial charge in [-0.05, 0) is 50.0 Å². The summed E-state index contributed by atoms with van der Waals surface area (Å²) in [5.41, 5.74) is 5.59. The van der Waals surface area contributed by atoms with E-state index in [0.717, 1.165) is 24.3 Å². The quantitative estimate of drug-likeness (QED) is 0.646. The lowest BCUT2D eigenvalue weighted by molar-refractivity contribution is 0.0947. The van der Waals surface area contributed by atoms with Crippen molar-refractivity contribution in [2.75, 3.05) is 6.54 Å². The van der Waals surface area contributed by atoms with Crippen LogP contribution in [0.1, 0.15) is 38.5 Å². The molecule has 2 bridgehead atoms. The highest BCUT2D eigenvalue weighted by Gasteiger charge is 2.34. The molecule has 1 atom stereocenters. The van der Waals surface area contributed by atoms with Gasteiger partial charge in [0.1, 0.15) is 0 Å². The van der Waals surface area contributed by atoms with Crippen LogP contribution in [0.5, 0.6) is 0 Å². The van der Waals surface area contributed by atoms with E-state index >= 15 is 0 Å². The van der Waals surface area contributed by atoms with Gasteiger partial charge in [-0.3, -0.25) is 0 Å². The van der Waals surface area contributed by atoms with Crippen LogP contribution >= 0.6 is 0 Å². The summed E-state index contributed by atoms with van der Waals surface area (Å²) in [4.78, 5) is 0. The molecule has 0 aromatic heterocycles. The highest BCUT2D eigenvalue weighted by molar-refractivity contribution is 4.86. The zero-order valence-corrected chi connectivity index (χ0v) is 7.26. The van der Waals surface area contributed by atoms with Gasteiger partial charge in [-0.2, -0.15) is 0 Å². The van der Waals surface area contributed by atoms with E-state index < -0.39 is 0 Å². The van der Waals surface area contributed by atoms with Gasteiger partial charge in [0.15, 0.2) is 0 Å². The Kier molecular flexibility index (Phi) is 2.17. The maximum absolute atomic E-state index is 5.59. The zero-order chi connectivity index (χ0) is 7.68. The molecular formula is C10H19N. The van der Waals surface area contributed by atoms with E-state index in [4.69, 9.17) is 5.73 Å². The molecule has 1 unspecified atom stereocenters. The molecule has 3 fully saturated rings. The van der Waals surface area contributed by atoms with E-state index in [-0.39, 0.29) is 0 Å². The van der Waals surface area contributed by atoms with Gasteiger partial charge in [0.05, 0.1) is 0 Å². The first-order valence-electron chi connectivity index (χ1n) is 5.10. The molecule has 0 aromatic carbocycles. The molecule has 3 aliphatic carbocycles. The number of fused-ring (bicyclic) bond motifs is 3. The fourth-order valence-electron chi connectivity index (χ4n) is 3.08. The summed E-state index contributed by atoms with van der Waals surface area (Å²) in [6.07, 6.45) is 8.85. The van der Waals surface area contributed by atoms with Crippen molar-refractivity contribution >= 4 is 0 Å². The minimum Gasteiger partial charge on any atom is -0.330 e. The third-order valence-electron chi connectivity index (χ3n) is 3.73. The lowest BCUT2D eigenvalue weighted by atomic mass is 9.64. The van der Waals surface area contributed by atoms with E-state index in [1.165, 1.54) is 38.5 Å². The van der Waals surface area contributed by atoms with E-state index in [2.05, 4.69) is 0 Å². The maximum Gasteiger partial charge on any atom is -0.00745 e. The van der Waals surface area contributed by atoms with E-state index in [1.807, 2.05) is 0 Å².